The molecule has 0 radical (unpaired) electrons. The lowest BCUT2D eigenvalue weighted by Gasteiger charge is -2.15. The van der Waals surface area contributed by atoms with Gasteiger partial charge in [-0.15, -0.1) is 10.2 Å². The molecular formula is C10H15N3O3. The van der Waals surface area contributed by atoms with E-state index < -0.39 is 12.1 Å². The van der Waals surface area contributed by atoms with Gasteiger partial charge in [0, 0.05) is 13.0 Å². The van der Waals surface area contributed by atoms with Crippen LogP contribution in [0.4, 0.5) is 0 Å². The second kappa shape index (κ2) is 4.61. The van der Waals surface area contributed by atoms with E-state index in [4.69, 9.17) is 9.84 Å². The summed E-state index contributed by atoms with van der Waals surface area (Å²) >= 11 is 0. The Hall–Kier alpha value is -1.43. The largest absolute Gasteiger partial charge is 0.479 e. The van der Waals surface area contributed by atoms with Gasteiger partial charge in [-0.25, -0.2) is 4.79 Å². The third-order valence-electron chi connectivity index (χ3n) is 2.75. The lowest BCUT2D eigenvalue weighted by atomic mass is 10.2. The summed E-state index contributed by atoms with van der Waals surface area (Å²) in [6.45, 7) is 2.62. The van der Waals surface area contributed by atoms with Gasteiger partial charge in [-0.05, 0) is 19.8 Å². The van der Waals surface area contributed by atoms with Crippen LogP contribution < -0.4 is 0 Å². The summed E-state index contributed by atoms with van der Waals surface area (Å²) in [4.78, 5) is 10.6. The second-order valence-electron chi connectivity index (χ2n) is 3.93. The fourth-order valence-corrected chi connectivity index (χ4v) is 1.75. The van der Waals surface area contributed by atoms with Crippen molar-refractivity contribution >= 4 is 5.97 Å². The van der Waals surface area contributed by atoms with E-state index in [0.29, 0.717) is 0 Å². The van der Waals surface area contributed by atoms with Crippen LogP contribution >= 0.6 is 0 Å². The van der Waals surface area contributed by atoms with Gasteiger partial charge in [0.05, 0.1) is 0 Å². The molecule has 0 saturated heterocycles. The number of ether oxygens (including phenoxy) is 1. The molecule has 0 amide bonds. The molecule has 0 bridgehead atoms. The molecule has 1 aromatic rings. The molecule has 1 atom stereocenters. The highest BCUT2D eigenvalue weighted by molar-refractivity contribution is 5.71. The number of aromatic nitrogens is 3. The van der Waals surface area contributed by atoms with Crippen LogP contribution in [-0.4, -0.2) is 31.9 Å². The van der Waals surface area contributed by atoms with Crippen LogP contribution in [0.3, 0.4) is 0 Å². The molecule has 1 N–H and O–H groups in total. The van der Waals surface area contributed by atoms with E-state index in [1.165, 1.54) is 6.92 Å². The highest BCUT2D eigenvalue weighted by atomic mass is 16.5. The number of fused-ring (bicyclic) bond motifs is 1. The Balaban J connectivity index is 1.99. The first-order valence-electron chi connectivity index (χ1n) is 5.44. The number of carboxylic acid groups (broad SMARTS) is 1. The van der Waals surface area contributed by atoms with Gasteiger partial charge in [-0.1, -0.05) is 0 Å². The average Bonchev–Trinajstić information content (AvgIpc) is 2.69. The van der Waals surface area contributed by atoms with Crippen molar-refractivity contribution < 1.29 is 14.6 Å². The van der Waals surface area contributed by atoms with E-state index in [1.54, 1.807) is 0 Å². The van der Waals surface area contributed by atoms with Crippen LogP contribution in [0.1, 0.15) is 31.4 Å². The molecule has 1 aromatic heterocycles. The maximum absolute atomic E-state index is 10.6. The number of carbonyl (C=O) groups is 1. The van der Waals surface area contributed by atoms with Crippen LogP contribution in [0.5, 0.6) is 0 Å². The molecule has 16 heavy (non-hydrogen) atoms. The maximum Gasteiger partial charge on any atom is 0.332 e. The fraction of sp³-hybridized carbons (Fsp3) is 0.700. The third-order valence-corrected chi connectivity index (χ3v) is 2.75. The Morgan fingerprint density at radius 1 is 1.56 bits per heavy atom. The molecular weight excluding hydrogens is 210 g/mol. The standard InChI is InChI=1S/C10H15N3O3/c1-7(10(14)15)16-6-9-12-11-8-4-2-3-5-13(8)9/h7H,2-6H2,1H3,(H,14,15)/t7-/m1/s1. The minimum Gasteiger partial charge on any atom is -0.479 e. The molecule has 1 aliphatic heterocycles. The molecule has 0 saturated carbocycles. The first-order chi connectivity index (χ1) is 7.68. The molecule has 88 valence electrons. The van der Waals surface area contributed by atoms with Crippen LogP contribution in [0.15, 0.2) is 0 Å². The Kier molecular flexibility index (Phi) is 3.19. The van der Waals surface area contributed by atoms with Gasteiger partial charge in [-0.2, -0.15) is 0 Å². The summed E-state index contributed by atoms with van der Waals surface area (Å²) < 4.78 is 7.22. The van der Waals surface area contributed by atoms with Crippen molar-refractivity contribution in [1.29, 1.82) is 0 Å². The minimum absolute atomic E-state index is 0.209. The van der Waals surface area contributed by atoms with Crippen molar-refractivity contribution in [2.45, 2.75) is 45.4 Å². The van der Waals surface area contributed by atoms with Gasteiger partial charge >= 0.3 is 5.97 Å². The van der Waals surface area contributed by atoms with E-state index in [1.807, 2.05) is 4.57 Å². The summed E-state index contributed by atoms with van der Waals surface area (Å²) in [6, 6.07) is 0. The third kappa shape index (κ3) is 2.21. The number of rotatable bonds is 4. The summed E-state index contributed by atoms with van der Waals surface area (Å²) in [5.74, 6) is 0.744. The van der Waals surface area contributed by atoms with Gasteiger partial charge in [0.25, 0.3) is 0 Å². The van der Waals surface area contributed by atoms with Crippen molar-refractivity contribution in [1.82, 2.24) is 14.8 Å². The van der Waals surface area contributed by atoms with Crippen LogP contribution in [0, 0.1) is 0 Å². The molecule has 2 rings (SSSR count). The molecule has 6 nitrogen and oxygen atoms in total. The van der Waals surface area contributed by atoms with Gasteiger partial charge in [0.2, 0.25) is 0 Å². The van der Waals surface area contributed by atoms with Crippen LogP contribution in [0.2, 0.25) is 0 Å². The lowest BCUT2D eigenvalue weighted by Crippen LogP contribution is -2.21. The van der Waals surface area contributed by atoms with E-state index in [-0.39, 0.29) is 6.61 Å². The Bertz CT molecular complexity index is 389. The topological polar surface area (TPSA) is 77.2 Å². The van der Waals surface area contributed by atoms with Crippen molar-refractivity contribution in [3.8, 4) is 0 Å². The summed E-state index contributed by atoms with van der Waals surface area (Å²) in [5.41, 5.74) is 0. The van der Waals surface area contributed by atoms with E-state index in [2.05, 4.69) is 10.2 Å². The minimum atomic E-state index is -0.960. The van der Waals surface area contributed by atoms with Crippen molar-refractivity contribution in [2.24, 2.45) is 0 Å². The number of hydrogen-bond acceptors (Lipinski definition) is 4. The molecule has 0 aliphatic carbocycles. The number of carboxylic acids is 1. The summed E-state index contributed by atoms with van der Waals surface area (Å²) in [6.07, 6.45) is 2.40. The van der Waals surface area contributed by atoms with E-state index in [0.717, 1.165) is 37.5 Å². The molecule has 0 fully saturated rings. The van der Waals surface area contributed by atoms with Crippen molar-refractivity contribution in [3.63, 3.8) is 0 Å². The number of nitrogens with zero attached hydrogens (tertiary/aromatic N) is 3. The highest BCUT2D eigenvalue weighted by Gasteiger charge is 2.17. The fourth-order valence-electron chi connectivity index (χ4n) is 1.75. The summed E-state index contributed by atoms with van der Waals surface area (Å²) in [5, 5.41) is 16.8. The monoisotopic (exact) mass is 225 g/mol. The summed E-state index contributed by atoms with van der Waals surface area (Å²) in [7, 11) is 0. The zero-order valence-electron chi connectivity index (χ0n) is 9.22. The molecule has 0 unspecified atom stereocenters. The van der Waals surface area contributed by atoms with Crippen LogP contribution in [0.25, 0.3) is 0 Å². The van der Waals surface area contributed by atoms with Gasteiger partial charge in [0.1, 0.15) is 12.4 Å². The molecule has 6 heteroatoms. The number of aryl methyl sites for hydroxylation is 1. The average molecular weight is 225 g/mol. The van der Waals surface area contributed by atoms with E-state index in [9.17, 15) is 4.79 Å². The predicted octanol–water partition coefficient (Wildman–Crippen LogP) is 0.604. The van der Waals surface area contributed by atoms with Crippen LogP contribution in [-0.2, 0) is 29.1 Å². The van der Waals surface area contributed by atoms with Crippen molar-refractivity contribution in [2.75, 3.05) is 0 Å². The van der Waals surface area contributed by atoms with Gasteiger partial charge < -0.3 is 14.4 Å². The molecule has 2 heterocycles. The lowest BCUT2D eigenvalue weighted by molar-refractivity contribution is -0.150. The Labute approximate surface area is 93.2 Å². The Morgan fingerprint density at radius 3 is 3.12 bits per heavy atom. The smallest absolute Gasteiger partial charge is 0.332 e. The first kappa shape index (κ1) is 11.1. The molecule has 0 spiro atoms. The van der Waals surface area contributed by atoms with Gasteiger partial charge in [-0.3, -0.25) is 0 Å². The predicted molar refractivity (Wildman–Crippen MR) is 54.8 cm³/mol. The molecule has 0 aromatic carbocycles. The van der Waals surface area contributed by atoms with Gasteiger partial charge in [0.15, 0.2) is 11.9 Å². The van der Waals surface area contributed by atoms with E-state index >= 15 is 0 Å². The highest BCUT2D eigenvalue weighted by Crippen LogP contribution is 2.14. The second-order valence-corrected chi connectivity index (χ2v) is 3.93. The maximum atomic E-state index is 10.6. The molecule has 1 aliphatic rings. The first-order valence-corrected chi connectivity index (χ1v) is 5.44. The quantitative estimate of drug-likeness (QED) is 0.812. The van der Waals surface area contributed by atoms with Crippen molar-refractivity contribution in [3.05, 3.63) is 11.6 Å². The zero-order chi connectivity index (χ0) is 11.5. The zero-order valence-corrected chi connectivity index (χ0v) is 9.22. The number of hydrogen-bond donors (Lipinski definition) is 1. The Morgan fingerprint density at radius 2 is 2.38 bits per heavy atom. The SMILES string of the molecule is C[C@@H](OCc1nnc2n1CCCC2)C(=O)O. The normalized spacial score (nSPS) is 16.8. The number of aliphatic carboxylic acids is 1.